The van der Waals surface area contributed by atoms with Crippen molar-refractivity contribution in [2.75, 3.05) is 18.9 Å². The number of hydrogen-bond acceptors (Lipinski definition) is 7. The maximum Gasteiger partial charge on any atom is 0.184 e. The molecule has 122 valence electrons. The van der Waals surface area contributed by atoms with Gasteiger partial charge in [0.25, 0.3) is 0 Å². The zero-order valence-electron chi connectivity index (χ0n) is 12.8. The molecule has 0 bridgehead atoms. The van der Waals surface area contributed by atoms with E-state index in [0.717, 1.165) is 30.7 Å². The molecule has 8 heteroatoms. The number of halogens is 1. The number of anilines is 1. The van der Waals surface area contributed by atoms with Crippen LogP contribution in [-0.4, -0.2) is 35.6 Å². The summed E-state index contributed by atoms with van der Waals surface area (Å²) in [5, 5.41) is 3.95. The molecule has 0 amide bonds. The summed E-state index contributed by atoms with van der Waals surface area (Å²) in [6.45, 7) is 3.77. The fourth-order valence-electron chi connectivity index (χ4n) is 2.44. The van der Waals surface area contributed by atoms with Crippen LogP contribution < -0.4 is 16.8 Å². The van der Waals surface area contributed by atoms with E-state index in [1.807, 2.05) is 13.2 Å². The minimum Gasteiger partial charge on any atom is -0.475 e. The number of nitrogens with one attached hydrogen (secondary N) is 1. The third-order valence-corrected chi connectivity index (χ3v) is 4.50. The third-order valence-electron chi connectivity index (χ3n) is 3.50. The molecule has 0 radical (unpaired) electrons. The first-order valence-corrected chi connectivity index (χ1v) is 7.91. The Morgan fingerprint density at radius 1 is 1.59 bits per heavy atom. The Kier molecular flexibility index (Phi) is 5.62. The number of allylic oxidation sites excluding steroid dienone is 2. The molecule has 2 heterocycles. The summed E-state index contributed by atoms with van der Waals surface area (Å²) >= 11 is 1.64. The van der Waals surface area contributed by atoms with Crippen LogP contribution in [0.2, 0.25) is 0 Å². The van der Waals surface area contributed by atoms with Gasteiger partial charge in [0.05, 0.1) is 0 Å². The van der Waals surface area contributed by atoms with Crippen molar-refractivity contribution in [1.29, 1.82) is 0 Å². The van der Waals surface area contributed by atoms with Gasteiger partial charge in [-0.1, -0.05) is 0 Å². The normalized spacial score (nSPS) is 23.8. The van der Waals surface area contributed by atoms with Gasteiger partial charge in [0.15, 0.2) is 17.0 Å². The summed E-state index contributed by atoms with van der Waals surface area (Å²) in [5.74, 6) is -0.617. The molecule has 0 saturated carbocycles. The lowest BCUT2D eigenvalue weighted by Crippen LogP contribution is -2.27. The van der Waals surface area contributed by atoms with E-state index in [1.165, 1.54) is 11.0 Å². The number of likely N-dealkylation sites (tertiary alicyclic amines) is 1. The zero-order valence-corrected chi connectivity index (χ0v) is 13.6. The second-order valence-corrected chi connectivity index (χ2v) is 6.37. The number of ether oxygens (including phenoxy) is 1. The molecule has 22 heavy (non-hydrogen) atoms. The zero-order chi connectivity index (χ0) is 16.1. The van der Waals surface area contributed by atoms with E-state index in [-0.39, 0.29) is 12.0 Å². The van der Waals surface area contributed by atoms with Gasteiger partial charge in [-0.3, -0.25) is 4.90 Å². The van der Waals surface area contributed by atoms with Gasteiger partial charge in [0, 0.05) is 49.7 Å². The van der Waals surface area contributed by atoms with Crippen molar-refractivity contribution in [3.8, 4) is 0 Å². The molecule has 2 rings (SSSR count). The van der Waals surface area contributed by atoms with E-state index >= 15 is 0 Å². The van der Waals surface area contributed by atoms with Gasteiger partial charge in [0.2, 0.25) is 0 Å². The Morgan fingerprint density at radius 3 is 3.00 bits per heavy atom. The van der Waals surface area contributed by atoms with Crippen molar-refractivity contribution in [3.05, 3.63) is 35.1 Å². The summed E-state index contributed by atoms with van der Waals surface area (Å²) in [6, 6.07) is 0.389. The van der Waals surface area contributed by atoms with Gasteiger partial charge in [-0.25, -0.2) is 4.98 Å². The van der Waals surface area contributed by atoms with Crippen molar-refractivity contribution in [2.45, 2.75) is 32.0 Å². The summed E-state index contributed by atoms with van der Waals surface area (Å²) in [6.07, 6.45) is 5.19. The van der Waals surface area contributed by atoms with Crippen molar-refractivity contribution in [3.63, 3.8) is 0 Å². The molecule has 1 fully saturated rings. The smallest absolute Gasteiger partial charge is 0.184 e. The van der Waals surface area contributed by atoms with Gasteiger partial charge in [0.1, 0.15) is 6.10 Å². The van der Waals surface area contributed by atoms with Crippen LogP contribution >= 0.6 is 11.3 Å². The molecule has 1 aliphatic rings. The van der Waals surface area contributed by atoms with Crippen molar-refractivity contribution in [1.82, 2.24) is 9.88 Å². The van der Waals surface area contributed by atoms with Gasteiger partial charge in [-0.2, -0.15) is 4.39 Å². The van der Waals surface area contributed by atoms with Crippen LogP contribution in [0.1, 0.15) is 18.2 Å². The molecule has 5 N–H and O–H groups in total. The number of thiazole rings is 1. The highest BCUT2D eigenvalue weighted by Gasteiger charge is 2.30. The van der Waals surface area contributed by atoms with Crippen LogP contribution in [0.25, 0.3) is 0 Å². The van der Waals surface area contributed by atoms with E-state index in [1.54, 1.807) is 11.3 Å². The maximum atomic E-state index is 12.4. The molecule has 1 aromatic rings. The molecule has 6 nitrogen and oxygen atoms in total. The largest absolute Gasteiger partial charge is 0.475 e. The topological polar surface area (TPSA) is 89.4 Å². The molecular formula is C14H22FN5OS. The van der Waals surface area contributed by atoms with E-state index in [4.69, 9.17) is 16.2 Å². The fourth-order valence-corrected chi connectivity index (χ4v) is 3.23. The molecule has 2 atom stereocenters. The fraction of sp³-hybridized carbons (Fsp3) is 0.500. The monoisotopic (exact) mass is 327 g/mol. The van der Waals surface area contributed by atoms with Gasteiger partial charge in [-0.05, 0) is 13.0 Å². The Bertz CT molecular complexity index is 555. The van der Waals surface area contributed by atoms with Crippen LogP contribution in [0.15, 0.2) is 30.2 Å². The lowest BCUT2D eigenvalue weighted by Gasteiger charge is -2.19. The lowest BCUT2D eigenvalue weighted by atomic mass is 10.2. The first kappa shape index (κ1) is 16.6. The second kappa shape index (κ2) is 7.46. The molecule has 0 spiro atoms. The first-order chi connectivity index (χ1) is 10.5. The molecule has 1 aromatic heterocycles. The van der Waals surface area contributed by atoms with Gasteiger partial charge < -0.3 is 21.5 Å². The number of nitrogens with two attached hydrogens (primary N) is 2. The van der Waals surface area contributed by atoms with E-state index in [9.17, 15) is 4.39 Å². The molecule has 1 saturated heterocycles. The quantitative estimate of drug-likeness (QED) is 0.419. The summed E-state index contributed by atoms with van der Waals surface area (Å²) in [4.78, 5) is 7.80. The van der Waals surface area contributed by atoms with Crippen molar-refractivity contribution < 1.29 is 9.13 Å². The maximum absolute atomic E-state index is 12.4. The van der Waals surface area contributed by atoms with Crippen molar-refractivity contribution in [2.24, 2.45) is 11.5 Å². The van der Waals surface area contributed by atoms with Crippen LogP contribution in [0, 0.1) is 0 Å². The first-order valence-electron chi connectivity index (χ1n) is 7.09. The highest BCUT2D eigenvalue weighted by atomic mass is 32.1. The van der Waals surface area contributed by atoms with Crippen molar-refractivity contribution >= 4 is 16.5 Å². The van der Waals surface area contributed by atoms with Crippen LogP contribution in [0.4, 0.5) is 9.52 Å². The molecular weight excluding hydrogens is 305 g/mol. The number of hydrogen-bond donors (Lipinski definition) is 3. The Morgan fingerprint density at radius 2 is 2.36 bits per heavy atom. The Hall–Kier alpha value is -1.80. The van der Waals surface area contributed by atoms with E-state index in [2.05, 4.69) is 22.1 Å². The molecule has 0 aromatic carbocycles. The Labute approximate surface area is 133 Å². The standard InChI is InChI=1S/C14H22FN5OS/c1-9-5-10(21-13(17)4-3-12(15)16)7-20(9)8-11-6-19-14(18-2)22-11/h3-4,6,9-10H,5,7-8,16-17H2,1-2H3,(H,18,19)/b12-3-,13-4+. The predicted octanol–water partition coefficient (Wildman–Crippen LogP) is 1.73. The average Bonchev–Trinajstić information content (AvgIpc) is 3.04. The van der Waals surface area contributed by atoms with Gasteiger partial charge in [-0.15, -0.1) is 11.3 Å². The van der Waals surface area contributed by atoms with E-state index in [0.29, 0.717) is 6.04 Å². The SMILES string of the molecule is CNc1ncc(CN2CC(O/C(N)=C/C=C(\N)F)CC2C)s1. The van der Waals surface area contributed by atoms with Gasteiger partial charge >= 0.3 is 0 Å². The highest BCUT2D eigenvalue weighted by Crippen LogP contribution is 2.26. The lowest BCUT2D eigenvalue weighted by molar-refractivity contribution is 0.117. The molecule has 0 aliphatic carbocycles. The predicted molar refractivity (Wildman–Crippen MR) is 86.7 cm³/mol. The minimum absolute atomic E-state index is 0.00261. The number of rotatable bonds is 6. The molecule has 1 aliphatic heterocycles. The van der Waals surface area contributed by atoms with Crippen LogP contribution in [0.3, 0.4) is 0 Å². The van der Waals surface area contributed by atoms with Crippen LogP contribution in [-0.2, 0) is 11.3 Å². The summed E-state index contributed by atoms with van der Waals surface area (Å²) < 4.78 is 18.1. The Balaban J connectivity index is 1.89. The molecule has 2 unspecified atom stereocenters. The van der Waals surface area contributed by atoms with Crippen LogP contribution in [0.5, 0.6) is 0 Å². The van der Waals surface area contributed by atoms with E-state index < -0.39 is 5.95 Å². The second-order valence-electron chi connectivity index (χ2n) is 5.26. The summed E-state index contributed by atoms with van der Waals surface area (Å²) in [7, 11) is 1.86. The highest BCUT2D eigenvalue weighted by molar-refractivity contribution is 7.15. The number of aromatic nitrogens is 1. The summed E-state index contributed by atoms with van der Waals surface area (Å²) in [5.41, 5.74) is 10.6. The average molecular weight is 327 g/mol. The number of nitrogens with zero attached hydrogens (tertiary/aromatic N) is 2. The minimum atomic E-state index is -0.793. The third kappa shape index (κ3) is 4.60.